The number of piperidine rings is 2. The minimum absolute atomic E-state index is 0.108. The molecule has 8 unspecified atom stereocenters. The fourth-order valence-electron chi connectivity index (χ4n) is 10.1. The first-order valence-electron chi connectivity index (χ1n) is 19.5. The monoisotopic (exact) mass is 750 g/mol. The molecular formula is C40H58N6O8-2. The summed E-state index contributed by atoms with van der Waals surface area (Å²) in [6, 6.07) is 1.32. The number of hydrogen-bond acceptors (Lipinski definition) is 10. The van der Waals surface area contributed by atoms with Crippen molar-refractivity contribution < 1.29 is 39.0 Å². The number of carbonyl (C=O) groups is 6. The molecule has 4 N–H and O–H groups in total. The molecule has 1 aromatic carbocycles. The molecule has 14 heteroatoms. The van der Waals surface area contributed by atoms with Gasteiger partial charge in [-0.2, -0.15) is 0 Å². The minimum Gasteiger partial charge on any atom is -0.545 e. The predicted molar refractivity (Wildman–Crippen MR) is 197 cm³/mol. The van der Waals surface area contributed by atoms with Crippen molar-refractivity contribution in [2.45, 2.75) is 154 Å². The lowest BCUT2D eigenvalue weighted by Crippen LogP contribution is -2.74. The third-order valence-electron chi connectivity index (χ3n) is 14.3. The first-order valence-corrected chi connectivity index (χ1v) is 19.5. The van der Waals surface area contributed by atoms with Crippen molar-refractivity contribution in [2.75, 3.05) is 13.1 Å². The number of carboxylic acids is 2. The van der Waals surface area contributed by atoms with Crippen LogP contribution in [0.5, 0.6) is 0 Å². The summed E-state index contributed by atoms with van der Waals surface area (Å²) in [6.45, 7) is 19.7. The van der Waals surface area contributed by atoms with Crippen molar-refractivity contribution in [2.24, 2.45) is 11.8 Å². The second-order valence-electron chi connectivity index (χ2n) is 17.3. The molecule has 4 fully saturated rings. The average molecular weight is 751 g/mol. The van der Waals surface area contributed by atoms with Crippen LogP contribution in [0.25, 0.3) is 0 Å². The van der Waals surface area contributed by atoms with E-state index in [0.717, 1.165) is 22.6 Å². The van der Waals surface area contributed by atoms with E-state index in [-0.39, 0.29) is 54.8 Å². The number of carboxylic acid groups (broad SMARTS) is 2. The molecule has 4 aliphatic rings. The summed E-state index contributed by atoms with van der Waals surface area (Å²) in [7, 11) is 0. The van der Waals surface area contributed by atoms with Crippen molar-refractivity contribution in [3.8, 4) is 0 Å². The number of carbonyl (C=O) groups excluding carboxylic acids is 6. The van der Waals surface area contributed by atoms with E-state index in [1.54, 1.807) is 0 Å². The van der Waals surface area contributed by atoms with Gasteiger partial charge in [-0.05, 0) is 90.2 Å². The van der Waals surface area contributed by atoms with Crippen molar-refractivity contribution in [3.05, 3.63) is 34.4 Å². The predicted octanol–water partition coefficient (Wildman–Crippen LogP) is 2.01. The van der Waals surface area contributed by atoms with Gasteiger partial charge in [0.15, 0.2) is 0 Å². The fraction of sp³-hybridized carbons (Fsp3) is 0.700. The lowest BCUT2D eigenvalue weighted by atomic mass is 9.61. The van der Waals surface area contributed by atoms with Crippen LogP contribution in [0.1, 0.15) is 140 Å². The van der Waals surface area contributed by atoms with Gasteiger partial charge in [0.05, 0.1) is 11.9 Å². The largest absolute Gasteiger partial charge is 0.545 e. The molecule has 0 bridgehead atoms. The molecule has 5 rings (SSSR count). The Hall–Kier alpha value is -4.04. The van der Waals surface area contributed by atoms with Gasteiger partial charge in [0.2, 0.25) is 0 Å². The smallest absolute Gasteiger partial charge is 0.325 e. The van der Waals surface area contributed by atoms with Crippen LogP contribution in [0.4, 0.5) is 9.59 Å². The molecule has 6 amide bonds. The van der Waals surface area contributed by atoms with E-state index < -0.39 is 74.3 Å². The molecule has 298 valence electrons. The highest BCUT2D eigenvalue weighted by Gasteiger charge is 2.65. The van der Waals surface area contributed by atoms with Gasteiger partial charge in [-0.3, -0.25) is 19.4 Å². The molecule has 4 heterocycles. The molecular weight excluding hydrogens is 692 g/mol. The lowest BCUT2D eigenvalue weighted by Gasteiger charge is -2.56. The first-order chi connectivity index (χ1) is 25.0. The van der Waals surface area contributed by atoms with Gasteiger partial charge >= 0.3 is 12.1 Å². The lowest BCUT2D eigenvalue weighted by molar-refractivity contribution is -0.255. The summed E-state index contributed by atoms with van der Waals surface area (Å²) in [5.41, 5.74) is -5.08. The Bertz CT molecular complexity index is 1770. The Kier molecular flexibility index (Phi) is 10.6. The molecule has 4 saturated heterocycles. The van der Waals surface area contributed by atoms with Crippen molar-refractivity contribution in [1.29, 1.82) is 0 Å². The van der Waals surface area contributed by atoms with Crippen LogP contribution < -0.4 is 31.5 Å². The summed E-state index contributed by atoms with van der Waals surface area (Å²) >= 11 is 0. The summed E-state index contributed by atoms with van der Waals surface area (Å²) < 4.78 is 0. The molecule has 14 nitrogen and oxygen atoms in total. The number of benzene rings is 1. The highest BCUT2D eigenvalue weighted by molar-refractivity contribution is 6.08. The maximum Gasteiger partial charge on any atom is 0.325 e. The van der Waals surface area contributed by atoms with Crippen LogP contribution in [0, 0.1) is 11.8 Å². The number of imide groups is 2. The van der Waals surface area contributed by atoms with E-state index in [9.17, 15) is 39.0 Å². The second kappa shape index (κ2) is 13.9. The molecule has 0 saturated carbocycles. The first kappa shape index (κ1) is 41.1. The average Bonchev–Trinajstić information content (AvgIpc) is 3.49. The topological polar surface area (TPSA) is 203 Å². The third kappa shape index (κ3) is 6.36. The maximum absolute atomic E-state index is 14.3. The van der Waals surface area contributed by atoms with E-state index in [0.29, 0.717) is 25.7 Å². The second-order valence-corrected chi connectivity index (χ2v) is 17.3. The zero-order valence-electron chi connectivity index (χ0n) is 33.5. The number of amides is 6. The van der Waals surface area contributed by atoms with E-state index in [4.69, 9.17) is 0 Å². The van der Waals surface area contributed by atoms with Gasteiger partial charge in [-0.15, -0.1) is 0 Å². The molecule has 4 aliphatic heterocycles. The van der Waals surface area contributed by atoms with E-state index in [1.807, 2.05) is 62.3 Å². The number of rotatable bonds is 12. The van der Waals surface area contributed by atoms with Gasteiger partial charge in [-0.1, -0.05) is 53.7 Å². The molecule has 1 aromatic rings. The number of hydrogen-bond donors (Lipinski definition) is 4. The normalized spacial score (nSPS) is 36.6. The van der Waals surface area contributed by atoms with Crippen LogP contribution in [0.3, 0.4) is 0 Å². The number of urea groups is 2. The van der Waals surface area contributed by atoms with Crippen LogP contribution in [-0.2, 0) is 22.4 Å². The number of nitrogens with zero attached hydrogens (tertiary/aromatic N) is 2. The van der Waals surface area contributed by atoms with Crippen LogP contribution in [0.2, 0.25) is 0 Å². The highest BCUT2D eigenvalue weighted by Crippen LogP contribution is 2.48. The molecule has 54 heavy (non-hydrogen) atoms. The van der Waals surface area contributed by atoms with E-state index >= 15 is 0 Å². The number of aromatic carboxylic acids is 2. The standard InChI is InChI=1S/C40H60N6O8/c1-11-35(7)21-39(23(5)37(9,13-3)43-35)31(51)45(33(53)41-39)19-17-25-15-16-27(29(47)48)26(28(25)30(49)50)18-20-46-32(52)40(42-34(46)54)22-36(8,12-2)44-38(10,14-4)24(40)6/h15-16,23-24,43-44H,11-14,17-22H2,1-10H3,(H,41,53)(H,42,54)(H,47,48)(H,49,50)/p-2. The van der Waals surface area contributed by atoms with Gasteiger partial charge in [0.25, 0.3) is 11.8 Å². The van der Waals surface area contributed by atoms with Gasteiger partial charge in [0, 0.05) is 58.2 Å². The Balaban J connectivity index is 1.43. The van der Waals surface area contributed by atoms with E-state index in [1.165, 1.54) is 12.1 Å². The maximum atomic E-state index is 14.3. The zero-order valence-corrected chi connectivity index (χ0v) is 33.5. The molecule has 8 atom stereocenters. The molecule has 0 radical (unpaired) electrons. The van der Waals surface area contributed by atoms with Gasteiger partial charge in [-0.25, -0.2) is 9.59 Å². The van der Waals surface area contributed by atoms with Crippen molar-refractivity contribution in [1.82, 2.24) is 31.1 Å². The van der Waals surface area contributed by atoms with Crippen molar-refractivity contribution >= 4 is 35.8 Å². The minimum atomic E-state index is -1.67. The van der Waals surface area contributed by atoms with Crippen LogP contribution in [0.15, 0.2) is 12.1 Å². The van der Waals surface area contributed by atoms with Gasteiger partial charge < -0.3 is 41.1 Å². The Morgan fingerprint density at radius 1 is 0.685 bits per heavy atom. The summed E-state index contributed by atoms with van der Waals surface area (Å²) in [6.07, 6.45) is 3.14. The summed E-state index contributed by atoms with van der Waals surface area (Å²) in [4.78, 5) is 82.9. The Labute approximate surface area is 318 Å². The Morgan fingerprint density at radius 2 is 1.11 bits per heavy atom. The Morgan fingerprint density at radius 3 is 1.48 bits per heavy atom. The fourth-order valence-corrected chi connectivity index (χ4v) is 10.1. The zero-order chi connectivity index (χ0) is 40.4. The quantitative estimate of drug-likeness (QED) is 0.229. The SMILES string of the molecule is CCC1(C)CC2(NC(=O)N(CCc3ccc(C(=O)[O-])c(CCN4C(=O)NC5(CC(C)(CC)NC(C)(CC)C5C)C4=O)c3C(=O)[O-])C2=O)C(C)C(C)(CC)N1. The van der Waals surface area contributed by atoms with E-state index in [2.05, 4.69) is 28.2 Å². The number of nitrogens with one attached hydrogen (secondary N) is 4. The van der Waals surface area contributed by atoms with Crippen molar-refractivity contribution in [3.63, 3.8) is 0 Å². The highest BCUT2D eigenvalue weighted by atomic mass is 16.4. The third-order valence-corrected chi connectivity index (χ3v) is 14.3. The van der Waals surface area contributed by atoms with Crippen LogP contribution in [-0.4, -0.2) is 91.9 Å². The van der Waals surface area contributed by atoms with Crippen LogP contribution >= 0.6 is 0 Å². The summed E-state index contributed by atoms with van der Waals surface area (Å²) in [5, 5.41) is 38.6. The molecule has 0 aliphatic carbocycles. The molecule has 0 aromatic heterocycles. The summed E-state index contributed by atoms with van der Waals surface area (Å²) in [5.74, 6) is -4.71. The molecule has 2 spiro atoms. The van der Waals surface area contributed by atoms with Gasteiger partial charge in [0.1, 0.15) is 11.1 Å².